The molecule has 1 heterocycles. The Kier molecular flexibility index (Phi) is 5.32. The van der Waals surface area contributed by atoms with Gasteiger partial charge >= 0.3 is 0 Å². The van der Waals surface area contributed by atoms with E-state index in [4.69, 9.17) is 0 Å². The number of hydrogen-bond acceptors (Lipinski definition) is 2. The van der Waals surface area contributed by atoms with Crippen molar-refractivity contribution >= 4 is 0 Å². The first kappa shape index (κ1) is 15.1. The van der Waals surface area contributed by atoms with Crippen LogP contribution in [0.3, 0.4) is 0 Å². The van der Waals surface area contributed by atoms with Gasteiger partial charge in [-0.2, -0.15) is 0 Å². The summed E-state index contributed by atoms with van der Waals surface area (Å²) in [6.07, 6.45) is 8.64. The predicted molar refractivity (Wildman–Crippen MR) is 89.4 cm³/mol. The van der Waals surface area contributed by atoms with Gasteiger partial charge in [-0.05, 0) is 50.3 Å². The third-order valence-electron chi connectivity index (χ3n) is 5.46. The highest BCUT2D eigenvalue weighted by atomic mass is 15.2. The van der Waals surface area contributed by atoms with Crippen LogP contribution in [0.2, 0.25) is 0 Å². The molecule has 116 valence electrons. The average Bonchev–Trinajstić information content (AvgIpc) is 3.20. The maximum absolute atomic E-state index is 3.59. The van der Waals surface area contributed by atoms with Crippen LogP contribution in [-0.2, 0) is 0 Å². The number of likely N-dealkylation sites (N-methyl/N-ethyl adjacent to an activating group) is 1. The van der Waals surface area contributed by atoms with E-state index in [1.807, 2.05) is 0 Å². The summed E-state index contributed by atoms with van der Waals surface area (Å²) in [5.74, 6) is 0.959. The van der Waals surface area contributed by atoms with E-state index in [1.165, 1.54) is 50.6 Å². The lowest BCUT2D eigenvalue weighted by molar-refractivity contribution is 0.132. The van der Waals surface area contributed by atoms with Gasteiger partial charge in [0.1, 0.15) is 0 Å². The van der Waals surface area contributed by atoms with Crippen LogP contribution >= 0.6 is 0 Å². The maximum atomic E-state index is 3.59. The fourth-order valence-corrected chi connectivity index (χ4v) is 4.43. The van der Waals surface area contributed by atoms with Gasteiger partial charge in [-0.15, -0.1) is 0 Å². The Hall–Kier alpha value is -0.860. The molecule has 2 aliphatic rings. The highest BCUT2D eigenvalue weighted by molar-refractivity contribution is 5.20. The molecule has 1 aliphatic carbocycles. The fraction of sp³-hybridized carbons (Fsp3) is 0.684. The summed E-state index contributed by atoms with van der Waals surface area (Å²) < 4.78 is 0. The van der Waals surface area contributed by atoms with Crippen LogP contribution < -0.4 is 5.32 Å². The molecule has 1 aromatic carbocycles. The maximum Gasteiger partial charge on any atom is 0.0475 e. The van der Waals surface area contributed by atoms with E-state index in [9.17, 15) is 0 Å². The van der Waals surface area contributed by atoms with Crippen molar-refractivity contribution in [3.8, 4) is 0 Å². The van der Waals surface area contributed by atoms with E-state index in [-0.39, 0.29) is 0 Å². The third-order valence-corrected chi connectivity index (χ3v) is 5.46. The molecule has 1 aliphatic heterocycles. The second kappa shape index (κ2) is 7.42. The molecule has 1 saturated heterocycles. The van der Waals surface area contributed by atoms with Gasteiger partial charge in [0.15, 0.2) is 0 Å². The van der Waals surface area contributed by atoms with Gasteiger partial charge in [-0.1, -0.05) is 50.1 Å². The van der Waals surface area contributed by atoms with E-state index in [0.717, 1.165) is 25.0 Å². The quantitative estimate of drug-likeness (QED) is 0.850. The molecule has 1 saturated carbocycles. The third kappa shape index (κ3) is 3.49. The van der Waals surface area contributed by atoms with Crippen molar-refractivity contribution in [3.05, 3.63) is 35.9 Å². The predicted octanol–water partition coefficient (Wildman–Crippen LogP) is 3.99. The van der Waals surface area contributed by atoms with Crippen LogP contribution in [0.15, 0.2) is 30.3 Å². The van der Waals surface area contributed by atoms with Crippen molar-refractivity contribution in [1.29, 1.82) is 0 Å². The van der Waals surface area contributed by atoms with Crippen molar-refractivity contribution in [3.63, 3.8) is 0 Å². The van der Waals surface area contributed by atoms with Crippen LogP contribution in [0.1, 0.15) is 57.1 Å². The molecule has 0 spiro atoms. The molecule has 3 rings (SSSR count). The zero-order chi connectivity index (χ0) is 14.5. The number of nitrogens with one attached hydrogen (secondary N) is 1. The highest BCUT2D eigenvalue weighted by Gasteiger charge is 2.37. The summed E-state index contributed by atoms with van der Waals surface area (Å²) >= 11 is 0. The zero-order valence-corrected chi connectivity index (χ0v) is 13.4. The summed E-state index contributed by atoms with van der Waals surface area (Å²) in [7, 11) is 0. The van der Waals surface area contributed by atoms with E-state index >= 15 is 0 Å². The first-order valence-corrected chi connectivity index (χ1v) is 8.91. The Balaban J connectivity index is 1.77. The normalized spacial score (nSPS) is 25.5. The van der Waals surface area contributed by atoms with Gasteiger partial charge in [0.25, 0.3) is 0 Å². The molecule has 0 bridgehead atoms. The number of benzene rings is 1. The summed E-state index contributed by atoms with van der Waals surface area (Å²) in [4.78, 5) is 2.83. The van der Waals surface area contributed by atoms with Gasteiger partial charge in [-0.3, -0.25) is 4.90 Å². The summed E-state index contributed by atoms with van der Waals surface area (Å²) in [6.45, 7) is 5.64. The monoisotopic (exact) mass is 286 g/mol. The van der Waals surface area contributed by atoms with Gasteiger partial charge in [-0.25, -0.2) is 0 Å². The molecule has 2 nitrogen and oxygen atoms in total. The first-order valence-electron chi connectivity index (χ1n) is 8.91. The molecule has 2 atom stereocenters. The Bertz CT molecular complexity index is 411. The van der Waals surface area contributed by atoms with Crippen molar-refractivity contribution in [2.24, 2.45) is 5.92 Å². The molecule has 2 fully saturated rings. The van der Waals surface area contributed by atoms with Crippen molar-refractivity contribution in [2.45, 2.75) is 57.5 Å². The second-order valence-corrected chi connectivity index (χ2v) is 6.73. The van der Waals surface area contributed by atoms with E-state index in [1.54, 1.807) is 0 Å². The van der Waals surface area contributed by atoms with Crippen LogP contribution in [-0.4, -0.2) is 30.6 Å². The molecule has 2 unspecified atom stereocenters. The lowest BCUT2D eigenvalue weighted by Gasteiger charge is -2.36. The van der Waals surface area contributed by atoms with E-state index in [2.05, 4.69) is 47.5 Å². The van der Waals surface area contributed by atoms with Crippen LogP contribution in [0.25, 0.3) is 0 Å². The molecular formula is C19H30N2. The number of likely N-dealkylation sites (tertiary alicyclic amines) is 1. The zero-order valence-electron chi connectivity index (χ0n) is 13.4. The highest BCUT2D eigenvalue weighted by Crippen LogP contribution is 2.39. The molecule has 2 heteroatoms. The standard InChI is InChI=1S/C19H30N2/c1-2-20-15-19(17-9-4-3-5-10-17)21-14-8-13-18(21)16-11-6-7-12-16/h3-5,9-10,16,18-20H,2,6-8,11-15H2,1H3. The van der Waals surface area contributed by atoms with Gasteiger partial charge in [0, 0.05) is 18.6 Å². The van der Waals surface area contributed by atoms with E-state index < -0.39 is 0 Å². The minimum atomic E-state index is 0.555. The topological polar surface area (TPSA) is 15.3 Å². The molecular weight excluding hydrogens is 256 g/mol. The first-order chi connectivity index (χ1) is 10.4. The Morgan fingerprint density at radius 3 is 2.57 bits per heavy atom. The van der Waals surface area contributed by atoms with Gasteiger partial charge in [0.2, 0.25) is 0 Å². The Labute approximate surface area is 129 Å². The summed E-state index contributed by atoms with van der Waals surface area (Å²) in [6, 6.07) is 12.5. The summed E-state index contributed by atoms with van der Waals surface area (Å²) in [5, 5.41) is 3.59. The van der Waals surface area contributed by atoms with Crippen LogP contribution in [0, 0.1) is 5.92 Å². The Morgan fingerprint density at radius 2 is 1.86 bits per heavy atom. The largest absolute Gasteiger partial charge is 0.315 e. The number of nitrogens with zero attached hydrogens (tertiary/aromatic N) is 1. The lowest BCUT2D eigenvalue weighted by Crippen LogP contribution is -2.41. The average molecular weight is 286 g/mol. The van der Waals surface area contributed by atoms with Crippen molar-refractivity contribution < 1.29 is 0 Å². The van der Waals surface area contributed by atoms with Crippen LogP contribution in [0.4, 0.5) is 0 Å². The lowest BCUT2D eigenvalue weighted by atomic mass is 9.94. The molecule has 0 radical (unpaired) electrons. The number of hydrogen-bond donors (Lipinski definition) is 1. The fourth-order valence-electron chi connectivity index (χ4n) is 4.43. The molecule has 0 amide bonds. The smallest absolute Gasteiger partial charge is 0.0475 e. The molecule has 1 N–H and O–H groups in total. The van der Waals surface area contributed by atoms with E-state index in [0.29, 0.717) is 6.04 Å². The van der Waals surface area contributed by atoms with Gasteiger partial charge < -0.3 is 5.32 Å². The second-order valence-electron chi connectivity index (χ2n) is 6.73. The van der Waals surface area contributed by atoms with Crippen molar-refractivity contribution in [1.82, 2.24) is 10.2 Å². The van der Waals surface area contributed by atoms with Crippen molar-refractivity contribution in [2.75, 3.05) is 19.6 Å². The SMILES string of the molecule is CCNCC(c1ccccc1)N1CCCC1C1CCCC1. The number of rotatable bonds is 6. The van der Waals surface area contributed by atoms with Crippen LogP contribution in [0.5, 0.6) is 0 Å². The molecule has 21 heavy (non-hydrogen) atoms. The summed E-state index contributed by atoms with van der Waals surface area (Å²) in [5.41, 5.74) is 1.49. The Morgan fingerprint density at radius 1 is 1.10 bits per heavy atom. The molecule has 0 aromatic heterocycles. The van der Waals surface area contributed by atoms with Gasteiger partial charge in [0.05, 0.1) is 0 Å². The molecule has 1 aromatic rings. The minimum Gasteiger partial charge on any atom is -0.315 e. The minimum absolute atomic E-state index is 0.555.